The molecule has 0 saturated carbocycles. The van der Waals surface area contributed by atoms with Gasteiger partial charge in [0.25, 0.3) is 0 Å². The minimum atomic E-state index is -0.718. The van der Waals surface area contributed by atoms with E-state index < -0.39 is 5.60 Å². The predicted molar refractivity (Wildman–Crippen MR) is 188 cm³/mol. The van der Waals surface area contributed by atoms with Gasteiger partial charge in [-0.25, -0.2) is 0 Å². The number of allylic oxidation sites excluding steroid dienone is 3. The van der Waals surface area contributed by atoms with Crippen LogP contribution in [0.25, 0.3) is 28.0 Å². The van der Waals surface area contributed by atoms with Crippen molar-refractivity contribution in [1.82, 2.24) is 0 Å². The zero-order chi connectivity index (χ0) is 31.9. The summed E-state index contributed by atoms with van der Waals surface area (Å²) in [4.78, 5) is 0. The highest BCUT2D eigenvalue weighted by Gasteiger charge is 2.45. The van der Waals surface area contributed by atoms with Crippen LogP contribution in [0.5, 0.6) is 5.75 Å². The van der Waals surface area contributed by atoms with E-state index in [4.69, 9.17) is 4.74 Å². The zero-order valence-electron chi connectivity index (χ0n) is 27.9. The Bertz CT molecular complexity index is 2010. The molecule has 1 aliphatic heterocycles. The number of nitrogens with zero attached hydrogens (tertiary/aromatic N) is 1. The van der Waals surface area contributed by atoms with Crippen LogP contribution in [0, 0.1) is 16.7 Å². The molecule has 1 heterocycles. The maximum atomic E-state index is 9.74. The van der Waals surface area contributed by atoms with E-state index in [-0.39, 0.29) is 16.2 Å². The van der Waals surface area contributed by atoms with E-state index in [0.717, 1.165) is 35.1 Å². The minimum Gasteiger partial charge on any atom is -0.473 e. The summed E-state index contributed by atoms with van der Waals surface area (Å²) in [5.74, 6) is 0.944. The highest BCUT2D eigenvalue weighted by Crippen LogP contribution is 2.58. The Morgan fingerprint density at radius 3 is 2.13 bits per heavy atom. The number of fused-ring (bicyclic) bond motifs is 8. The first kappa shape index (κ1) is 29.4. The highest BCUT2D eigenvalue weighted by atomic mass is 16.5. The standard InChI is InChI=1S/C43H43NO/c1-40(2,3)28-14-18-30(19-15-28)43(31-20-16-29(17-21-31)41(4,5)6)24-23-35-38-37(32-11-9-10-12-33(32)39(35)45-43)34-22-13-27(26-44)25-36(34)42(38,7)8/h9-16,18-20,22-25H,17,21H2,1-8H3. The van der Waals surface area contributed by atoms with Crippen molar-refractivity contribution in [3.63, 3.8) is 0 Å². The average Bonchev–Trinajstić information content (AvgIpc) is 3.26. The van der Waals surface area contributed by atoms with Gasteiger partial charge in [0.15, 0.2) is 5.60 Å². The molecule has 0 amide bonds. The van der Waals surface area contributed by atoms with Crippen LogP contribution in [-0.2, 0) is 16.4 Å². The SMILES string of the molecule is CC(C)(C)C1=CC=C(C2(c3ccc(C(C)(C)C)cc3)C=Cc3c4c(c5ccccc5c3O2)-c2ccc(C#N)cc2C4(C)C)CC1. The second kappa shape index (κ2) is 9.82. The van der Waals surface area contributed by atoms with Gasteiger partial charge in [0.05, 0.1) is 11.6 Å². The molecule has 2 heteroatoms. The van der Waals surface area contributed by atoms with Gasteiger partial charge in [-0.3, -0.25) is 0 Å². The molecule has 2 aliphatic carbocycles. The molecular weight excluding hydrogens is 546 g/mol. The zero-order valence-corrected chi connectivity index (χ0v) is 27.9. The van der Waals surface area contributed by atoms with Gasteiger partial charge in [0, 0.05) is 21.9 Å². The molecule has 3 aliphatic rings. The summed E-state index contributed by atoms with van der Waals surface area (Å²) in [6.45, 7) is 18.3. The van der Waals surface area contributed by atoms with Gasteiger partial charge in [0.1, 0.15) is 5.75 Å². The topological polar surface area (TPSA) is 33.0 Å². The predicted octanol–water partition coefficient (Wildman–Crippen LogP) is 11.3. The van der Waals surface area contributed by atoms with Crippen LogP contribution in [0.3, 0.4) is 0 Å². The van der Waals surface area contributed by atoms with Crippen LogP contribution in [0.1, 0.15) is 102 Å². The molecule has 4 aromatic rings. The molecule has 0 saturated heterocycles. The Labute approximate surface area is 268 Å². The Morgan fingerprint density at radius 1 is 0.800 bits per heavy atom. The van der Waals surface area contributed by atoms with E-state index >= 15 is 0 Å². The number of rotatable bonds is 2. The van der Waals surface area contributed by atoms with Crippen LogP contribution < -0.4 is 4.74 Å². The molecule has 0 N–H and O–H groups in total. The smallest absolute Gasteiger partial charge is 0.174 e. The maximum Gasteiger partial charge on any atom is 0.174 e. The van der Waals surface area contributed by atoms with Crippen molar-refractivity contribution >= 4 is 16.8 Å². The molecule has 0 spiro atoms. The van der Waals surface area contributed by atoms with Crippen molar-refractivity contribution in [2.24, 2.45) is 5.41 Å². The molecule has 0 fully saturated rings. The normalized spacial score (nSPS) is 20.0. The third-order valence-electron chi connectivity index (χ3n) is 10.4. The lowest BCUT2D eigenvalue weighted by Gasteiger charge is -2.41. The Balaban J connectivity index is 1.49. The molecule has 45 heavy (non-hydrogen) atoms. The van der Waals surface area contributed by atoms with Crippen LogP contribution in [0.4, 0.5) is 0 Å². The second-order valence-electron chi connectivity index (χ2n) is 15.7. The summed E-state index contributed by atoms with van der Waals surface area (Å²) in [7, 11) is 0. The first-order valence-electron chi connectivity index (χ1n) is 16.3. The molecule has 0 bridgehead atoms. The lowest BCUT2D eigenvalue weighted by atomic mass is 9.73. The van der Waals surface area contributed by atoms with Crippen molar-refractivity contribution in [2.75, 3.05) is 0 Å². The van der Waals surface area contributed by atoms with Gasteiger partial charge in [0.2, 0.25) is 0 Å². The van der Waals surface area contributed by atoms with E-state index in [0.29, 0.717) is 5.56 Å². The Hall–Kier alpha value is -4.35. The van der Waals surface area contributed by atoms with E-state index in [9.17, 15) is 5.26 Å². The summed E-state index contributed by atoms with van der Waals surface area (Å²) >= 11 is 0. The molecule has 7 rings (SSSR count). The molecule has 2 nitrogen and oxygen atoms in total. The molecule has 226 valence electrons. The number of benzene rings is 4. The number of nitriles is 1. The van der Waals surface area contributed by atoms with Gasteiger partial charge >= 0.3 is 0 Å². The minimum absolute atomic E-state index is 0.0682. The summed E-state index contributed by atoms with van der Waals surface area (Å²) in [6.07, 6.45) is 11.3. The van der Waals surface area contributed by atoms with E-state index in [1.165, 1.54) is 44.3 Å². The first-order valence-corrected chi connectivity index (χ1v) is 16.3. The summed E-state index contributed by atoms with van der Waals surface area (Å²) in [5.41, 5.74) is 11.2. The van der Waals surface area contributed by atoms with Crippen molar-refractivity contribution in [2.45, 2.75) is 84.7 Å². The third kappa shape index (κ3) is 4.43. The summed E-state index contributed by atoms with van der Waals surface area (Å²) < 4.78 is 7.53. The van der Waals surface area contributed by atoms with Gasteiger partial charge < -0.3 is 4.74 Å². The molecule has 1 unspecified atom stereocenters. The second-order valence-corrected chi connectivity index (χ2v) is 15.7. The van der Waals surface area contributed by atoms with Crippen molar-refractivity contribution in [1.29, 1.82) is 5.26 Å². The van der Waals surface area contributed by atoms with Gasteiger partial charge in [-0.15, -0.1) is 0 Å². The lowest BCUT2D eigenvalue weighted by Crippen LogP contribution is -2.36. The monoisotopic (exact) mass is 589 g/mol. The van der Waals surface area contributed by atoms with Crippen molar-refractivity contribution in [3.05, 3.63) is 129 Å². The van der Waals surface area contributed by atoms with Crippen LogP contribution >= 0.6 is 0 Å². The summed E-state index contributed by atoms with van der Waals surface area (Å²) in [5, 5.41) is 12.1. The van der Waals surface area contributed by atoms with Crippen LogP contribution in [0.15, 0.2) is 96.1 Å². The Morgan fingerprint density at radius 2 is 1.51 bits per heavy atom. The van der Waals surface area contributed by atoms with Gasteiger partial charge in [-0.2, -0.15) is 5.26 Å². The molecule has 4 aromatic carbocycles. The fourth-order valence-corrected chi connectivity index (χ4v) is 7.81. The largest absolute Gasteiger partial charge is 0.473 e. The van der Waals surface area contributed by atoms with Crippen LogP contribution in [-0.4, -0.2) is 0 Å². The fourth-order valence-electron chi connectivity index (χ4n) is 7.81. The van der Waals surface area contributed by atoms with E-state index in [1.54, 1.807) is 0 Å². The number of ether oxygens (including phenoxy) is 1. The molecular formula is C43H43NO. The third-order valence-corrected chi connectivity index (χ3v) is 10.4. The van der Waals surface area contributed by atoms with E-state index in [1.807, 2.05) is 6.07 Å². The van der Waals surface area contributed by atoms with E-state index in [2.05, 4.69) is 146 Å². The van der Waals surface area contributed by atoms with Crippen molar-refractivity contribution < 1.29 is 4.74 Å². The maximum absolute atomic E-state index is 9.74. The number of hydrogen-bond acceptors (Lipinski definition) is 2. The lowest BCUT2D eigenvalue weighted by molar-refractivity contribution is 0.153. The summed E-state index contributed by atoms with van der Waals surface area (Å²) in [6, 6.07) is 26.3. The molecule has 0 aromatic heterocycles. The fraction of sp³-hybridized carbons (Fsp3) is 0.326. The quantitative estimate of drug-likeness (QED) is 0.233. The molecule has 0 radical (unpaired) electrons. The van der Waals surface area contributed by atoms with Crippen LogP contribution in [0.2, 0.25) is 0 Å². The Kier molecular flexibility index (Phi) is 6.41. The highest BCUT2D eigenvalue weighted by molar-refractivity contribution is 6.08. The molecule has 1 atom stereocenters. The average molecular weight is 590 g/mol. The first-order chi connectivity index (χ1) is 21.3. The van der Waals surface area contributed by atoms with Gasteiger partial charge in [-0.1, -0.05) is 134 Å². The number of hydrogen-bond donors (Lipinski definition) is 0. The van der Waals surface area contributed by atoms with Gasteiger partial charge in [-0.05, 0) is 80.7 Å². The van der Waals surface area contributed by atoms with Crippen molar-refractivity contribution in [3.8, 4) is 22.9 Å².